The summed E-state index contributed by atoms with van der Waals surface area (Å²) in [6.45, 7) is 1.32. The third-order valence-electron chi connectivity index (χ3n) is 5.67. The lowest BCUT2D eigenvalue weighted by Crippen LogP contribution is -2.29. The first-order chi connectivity index (χ1) is 17.0. The zero-order chi connectivity index (χ0) is 26.2. The van der Waals surface area contributed by atoms with Crippen LogP contribution in [0.1, 0.15) is 5.56 Å². The van der Waals surface area contributed by atoms with Crippen LogP contribution in [0.4, 0.5) is 45.0 Å². The highest BCUT2D eigenvalue weighted by Gasteiger charge is 2.36. The summed E-state index contributed by atoms with van der Waals surface area (Å²) in [5, 5.41) is 2.83. The smallest absolute Gasteiger partial charge is 0.397 e. The normalized spacial score (nSPS) is 11.9. The number of nitrogens with one attached hydrogen (secondary N) is 2. The fraction of sp³-hybridized carbons (Fsp3) is 0.250. The van der Waals surface area contributed by atoms with Gasteiger partial charge in [-0.25, -0.2) is 18.7 Å². The molecule has 0 spiro atoms. The lowest BCUT2D eigenvalue weighted by atomic mass is 10.1. The van der Waals surface area contributed by atoms with Crippen molar-refractivity contribution in [2.75, 3.05) is 50.2 Å². The molecule has 0 radical (unpaired) electrons. The Morgan fingerprint density at radius 1 is 1.06 bits per heavy atom. The molecule has 4 N–H and O–H groups in total. The molecule has 0 aliphatic rings. The second-order valence-electron chi connectivity index (χ2n) is 8.56. The number of halogens is 5. The van der Waals surface area contributed by atoms with Crippen molar-refractivity contribution in [2.24, 2.45) is 0 Å². The van der Waals surface area contributed by atoms with E-state index in [1.54, 1.807) is 11.9 Å². The Hall–Kier alpha value is -3.93. The number of para-hydroxylation sites is 1. The first-order valence-electron chi connectivity index (χ1n) is 10.9. The fourth-order valence-electron chi connectivity index (χ4n) is 3.76. The lowest BCUT2D eigenvalue weighted by molar-refractivity contribution is -0.137. The molecule has 0 atom stereocenters. The maximum Gasteiger partial charge on any atom is 0.419 e. The maximum atomic E-state index is 14.9. The molecule has 2 heterocycles. The van der Waals surface area contributed by atoms with Crippen molar-refractivity contribution >= 4 is 33.9 Å². The Kier molecular flexibility index (Phi) is 6.72. The largest absolute Gasteiger partial charge is 0.419 e. The van der Waals surface area contributed by atoms with Crippen LogP contribution in [-0.4, -0.2) is 54.1 Å². The van der Waals surface area contributed by atoms with E-state index in [0.717, 1.165) is 6.54 Å². The van der Waals surface area contributed by atoms with Gasteiger partial charge in [0.1, 0.15) is 17.2 Å². The third kappa shape index (κ3) is 5.03. The summed E-state index contributed by atoms with van der Waals surface area (Å²) in [7, 11) is 5.60. The van der Waals surface area contributed by atoms with Crippen LogP contribution < -0.4 is 16.0 Å². The second-order valence-corrected chi connectivity index (χ2v) is 8.56. The van der Waals surface area contributed by atoms with Gasteiger partial charge in [-0.1, -0.05) is 12.1 Å². The van der Waals surface area contributed by atoms with Crippen molar-refractivity contribution in [1.82, 2.24) is 19.9 Å². The van der Waals surface area contributed by atoms with E-state index < -0.39 is 29.1 Å². The van der Waals surface area contributed by atoms with Gasteiger partial charge in [0.15, 0.2) is 0 Å². The van der Waals surface area contributed by atoms with Gasteiger partial charge in [0.05, 0.1) is 28.3 Å². The number of benzene rings is 2. The highest BCUT2D eigenvalue weighted by molar-refractivity contribution is 5.95. The molecule has 0 amide bonds. The fourth-order valence-corrected chi connectivity index (χ4v) is 3.76. The van der Waals surface area contributed by atoms with Gasteiger partial charge < -0.3 is 25.8 Å². The molecule has 0 saturated carbocycles. The molecule has 0 fully saturated rings. The van der Waals surface area contributed by atoms with E-state index in [0.29, 0.717) is 18.4 Å². The monoisotopic (exact) mass is 505 g/mol. The van der Waals surface area contributed by atoms with Gasteiger partial charge in [-0.05, 0) is 26.2 Å². The number of hydrogen-bond donors (Lipinski definition) is 3. The molecule has 2 aromatic heterocycles. The van der Waals surface area contributed by atoms with Crippen molar-refractivity contribution in [3.63, 3.8) is 0 Å². The summed E-state index contributed by atoms with van der Waals surface area (Å²) in [5.74, 6) is -1.58. The van der Waals surface area contributed by atoms with E-state index in [-0.39, 0.29) is 33.8 Å². The molecule has 0 bridgehead atoms. The number of likely N-dealkylation sites (N-methyl/N-ethyl adjacent to an activating group) is 2. The molecule has 0 saturated heterocycles. The zero-order valence-corrected chi connectivity index (χ0v) is 19.7. The Morgan fingerprint density at radius 2 is 1.81 bits per heavy atom. The number of nitrogens with two attached hydrogens (primary N) is 1. The minimum atomic E-state index is -4.78. The molecular formula is C24H24F5N7. The third-order valence-corrected chi connectivity index (χ3v) is 5.67. The van der Waals surface area contributed by atoms with E-state index in [9.17, 15) is 22.0 Å². The van der Waals surface area contributed by atoms with E-state index >= 15 is 0 Å². The number of aromatic nitrogens is 3. The number of nitrogen functional groups attached to an aromatic ring is 1. The number of hydrogen-bond acceptors (Lipinski definition) is 6. The highest BCUT2D eigenvalue weighted by atomic mass is 19.4. The molecule has 0 unspecified atom stereocenters. The SMILES string of the molecule is CN(C)CCN(C)c1cc(F)c(Nc2ncc(C(F)(F)F)c(-c3c[nH]c4c(F)cccc34)n2)cc1N. The number of nitrogens with zero attached hydrogens (tertiary/aromatic N) is 4. The molecule has 190 valence electrons. The minimum Gasteiger partial charge on any atom is -0.397 e. The molecule has 36 heavy (non-hydrogen) atoms. The summed E-state index contributed by atoms with van der Waals surface area (Å²) in [5.41, 5.74) is 5.23. The number of fused-ring (bicyclic) bond motifs is 1. The predicted octanol–water partition coefficient (Wildman–Crippen LogP) is 5.25. The van der Waals surface area contributed by atoms with Crippen LogP contribution in [0.15, 0.2) is 42.7 Å². The van der Waals surface area contributed by atoms with E-state index in [4.69, 9.17) is 5.73 Å². The first kappa shape index (κ1) is 25.2. The van der Waals surface area contributed by atoms with Crippen LogP contribution in [0.5, 0.6) is 0 Å². The summed E-state index contributed by atoms with van der Waals surface area (Å²) in [6, 6.07) is 6.62. The van der Waals surface area contributed by atoms with Gasteiger partial charge in [-0.2, -0.15) is 13.2 Å². The molecular weight excluding hydrogens is 481 g/mol. The van der Waals surface area contributed by atoms with Gasteiger partial charge >= 0.3 is 6.18 Å². The Labute approximate surface area is 203 Å². The highest BCUT2D eigenvalue weighted by Crippen LogP contribution is 2.39. The lowest BCUT2D eigenvalue weighted by Gasteiger charge is -2.23. The van der Waals surface area contributed by atoms with Crippen LogP contribution in [-0.2, 0) is 6.18 Å². The second kappa shape index (κ2) is 9.61. The Bertz CT molecular complexity index is 1400. The van der Waals surface area contributed by atoms with Gasteiger partial charge in [-0.15, -0.1) is 0 Å². The van der Waals surface area contributed by atoms with Crippen molar-refractivity contribution in [3.05, 3.63) is 59.9 Å². The number of rotatable bonds is 7. The Balaban J connectivity index is 1.72. The molecule has 0 aliphatic carbocycles. The molecule has 4 aromatic rings. The van der Waals surface area contributed by atoms with Crippen molar-refractivity contribution in [2.45, 2.75) is 6.18 Å². The summed E-state index contributed by atoms with van der Waals surface area (Å²) < 4.78 is 70.3. The van der Waals surface area contributed by atoms with Crippen LogP contribution >= 0.6 is 0 Å². The van der Waals surface area contributed by atoms with E-state index in [2.05, 4.69) is 20.3 Å². The summed E-state index contributed by atoms with van der Waals surface area (Å²) in [4.78, 5) is 14.2. The number of H-pyrrole nitrogens is 1. The first-order valence-corrected chi connectivity index (χ1v) is 10.9. The van der Waals surface area contributed by atoms with Gasteiger partial charge in [0.2, 0.25) is 5.95 Å². The zero-order valence-electron chi connectivity index (χ0n) is 19.7. The van der Waals surface area contributed by atoms with Gasteiger partial charge in [0, 0.05) is 49.5 Å². The molecule has 7 nitrogen and oxygen atoms in total. The van der Waals surface area contributed by atoms with Crippen molar-refractivity contribution in [3.8, 4) is 11.3 Å². The van der Waals surface area contributed by atoms with Crippen molar-refractivity contribution in [1.29, 1.82) is 0 Å². The topological polar surface area (TPSA) is 86.1 Å². The van der Waals surface area contributed by atoms with Crippen LogP contribution in [0.3, 0.4) is 0 Å². The van der Waals surface area contributed by atoms with Gasteiger partial charge in [0.25, 0.3) is 0 Å². The Morgan fingerprint density at radius 3 is 2.50 bits per heavy atom. The van der Waals surface area contributed by atoms with Crippen LogP contribution in [0.2, 0.25) is 0 Å². The molecule has 4 rings (SSSR count). The van der Waals surface area contributed by atoms with Crippen LogP contribution in [0, 0.1) is 11.6 Å². The standard InChI is InChI=1S/C24H24F5N7/c1-35(2)7-8-36(3)20-9-17(26)19(10-18(20)30)33-23-32-12-15(24(27,28)29)21(34-23)14-11-31-22-13(14)5-4-6-16(22)25/h4-6,9-12,31H,7-8,30H2,1-3H3,(H,32,33,34). The molecule has 2 aromatic carbocycles. The van der Waals surface area contributed by atoms with E-state index in [1.807, 2.05) is 19.0 Å². The van der Waals surface area contributed by atoms with Gasteiger partial charge in [-0.3, -0.25) is 0 Å². The molecule has 0 aliphatic heterocycles. The average molecular weight is 505 g/mol. The summed E-state index contributed by atoms with van der Waals surface area (Å²) >= 11 is 0. The van der Waals surface area contributed by atoms with Crippen LogP contribution in [0.25, 0.3) is 22.2 Å². The quantitative estimate of drug-likeness (QED) is 0.235. The van der Waals surface area contributed by atoms with Crippen molar-refractivity contribution < 1.29 is 22.0 Å². The minimum absolute atomic E-state index is 0.0279. The number of alkyl halides is 3. The average Bonchev–Trinajstić information content (AvgIpc) is 3.24. The summed E-state index contributed by atoms with van der Waals surface area (Å²) in [6.07, 6.45) is -2.93. The number of anilines is 4. The predicted molar refractivity (Wildman–Crippen MR) is 130 cm³/mol. The maximum absolute atomic E-state index is 14.9. The van der Waals surface area contributed by atoms with E-state index in [1.165, 1.54) is 36.5 Å². The number of aromatic amines is 1. The molecule has 12 heteroatoms.